The maximum Gasteiger partial charge on any atom is 0.151 e. The lowest BCUT2D eigenvalue weighted by Gasteiger charge is -2.42. The summed E-state index contributed by atoms with van der Waals surface area (Å²) in [5, 5.41) is 0. The Labute approximate surface area is 125 Å². The van der Waals surface area contributed by atoms with Crippen LogP contribution in [0.4, 0.5) is 4.39 Å². The van der Waals surface area contributed by atoms with Crippen LogP contribution in [0, 0.1) is 5.82 Å². The number of benzene rings is 1. The first kappa shape index (κ1) is 14.7. The van der Waals surface area contributed by atoms with E-state index in [1.54, 1.807) is 12.1 Å². The summed E-state index contributed by atoms with van der Waals surface area (Å²) in [5.41, 5.74) is 0.897. The highest BCUT2D eigenvalue weighted by Gasteiger charge is 2.34. The van der Waals surface area contributed by atoms with Gasteiger partial charge in [-0.15, -0.1) is 0 Å². The number of piperazine rings is 1. The fourth-order valence-corrected chi connectivity index (χ4v) is 3.58. The van der Waals surface area contributed by atoms with Crippen LogP contribution >= 0.6 is 0 Å². The lowest BCUT2D eigenvalue weighted by Crippen LogP contribution is -2.56. The van der Waals surface area contributed by atoms with Crippen molar-refractivity contribution < 1.29 is 9.18 Å². The molecule has 0 N–H and O–H groups in total. The Morgan fingerprint density at radius 1 is 1.29 bits per heavy atom. The Morgan fingerprint density at radius 3 is 2.81 bits per heavy atom. The largest absolute Gasteiger partial charge is 0.298 e. The number of rotatable bonds is 4. The average molecular weight is 290 g/mol. The molecule has 2 unspecified atom stereocenters. The minimum atomic E-state index is -0.253. The van der Waals surface area contributed by atoms with E-state index in [4.69, 9.17) is 0 Å². The summed E-state index contributed by atoms with van der Waals surface area (Å²) < 4.78 is 12.9. The zero-order valence-corrected chi connectivity index (χ0v) is 12.6. The fourth-order valence-electron chi connectivity index (χ4n) is 3.58. The number of nitrogens with zero attached hydrogens (tertiary/aromatic N) is 2. The van der Waals surface area contributed by atoms with Crippen LogP contribution in [0.1, 0.15) is 25.3 Å². The van der Waals surface area contributed by atoms with Crippen LogP contribution in [0.3, 0.4) is 0 Å². The van der Waals surface area contributed by atoms with E-state index in [0.29, 0.717) is 25.0 Å². The number of carbonyl (C=O) groups excluding carboxylic acids is 1. The molecule has 21 heavy (non-hydrogen) atoms. The topological polar surface area (TPSA) is 23.6 Å². The van der Waals surface area contributed by atoms with Gasteiger partial charge in [0, 0.05) is 31.6 Å². The highest BCUT2D eigenvalue weighted by atomic mass is 19.1. The number of hydrogen-bond acceptors (Lipinski definition) is 3. The third-order valence-corrected chi connectivity index (χ3v) is 4.76. The highest BCUT2D eigenvalue weighted by molar-refractivity contribution is 5.82. The van der Waals surface area contributed by atoms with E-state index in [-0.39, 0.29) is 11.6 Å². The Hall–Kier alpha value is -1.26. The molecule has 0 radical (unpaired) electrons. The molecule has 2 atom stereocenters. The van der Waals surface area contributed by atoms with Gasteiger partial charge in [0.25, 0.3) is 0 Å². The van der Waals surface area contributed by atoms with Crippen LogP contribution in [-0.4, -0.2) is 53.8 Å². The molecular weight excluding hydrogens is 267 g/mol. The molecule has 2 aliphatic heterocycles. The second kappa shape index (κ2) is 6.24. The fraction of sp³-hybridized carbons (Fsp3) is 0.588. The van der Waals surface area contributed by atoms with Crippen LogP contribution in [0.25, 0.3) is 0 Å². The summed E-state index contributed by atoms with van der Waals surface area (Å²) in [5.74, 6) is -0.0305. The number of carbonyl (C=O) groups is 1. The van der Waals surface area contributed by atoms with Gasteiger partial charge >= 0.3 is 0 Å². The normalized spacial score (nSPS) is 26.8. The van der Waals surface area contributed by atoms with Crippen molar-refractivity contribution in [1.82, 2.24) is 9.80 Å². The molecule has 2 fully saturated rings. The predicted octanol–water partition coefficient (Wildman–Crippen LogP) is 2.11. The van der Waals surface area contributed by atoms with Crippen molar-refractivity contribution in [2.75, 3.05) is 26.2 Å². The second-order valence-corrected chi connectivity index (χ2v) is 6.41. The van der Waals surface area contributed by atoms with Crippen LogP contribution < -0.4 is 0 Å². The zero-order valence-electron chi connectivity index (χ0n) is 12.6. The molecule has 0 spiro atoms. The maximum atomic E-state index is 12.9. The smallest absolute Gasteiger partial charge is 0.151 e. The second-order valence-electron chi connectivity index (χ2n) is 6.41. The van der Waals surface area contributed by atoms with Gasteiger partial charge in [0.15, 0.2) is 5.78 Å². The minimum absolute atomic E-state index is 0.222. The molecule has 2 aliphatic rings. The van der Waals surface area contributed by atoms with Gasteiger partial charge in [-0.25, -0.2) is 4.39 Å². The predicted molar refractivity (Wildman–Crippen MR) is 80.7 cm³/mol. The van der Waals surface area contributed by atoms with Crippen LogP contribution in [0.2, 0.25) is 0 Å². The standard InChI is InChI=1S/C17H23FN2O/c1-13-10-19-8-2-3-16(19)11-20(13)12-17(21)9-14-4-6-15(18)7-5-14/h4-7,13,16H,2-3,8-12H2,1H3. The van der Waals surface area contributed by atoms with Gasteiger partial charge in [0.1, 0.15) is 5.82 Å². The molecule has 0 aliphatic carbocycles. The summed E-state index contributed by atoms with van der Waals surface area (Å²) in [6.45, 7) is 6.03. The van der Waals surface area contributed by atoms with Crippen molar-refractivity contribution in [2.24, 2.45) is 0 Å². The Balaban J connectivity index is 1.55. The molecule has 114 valence electrons. The number of halogens is 1. The van der Waals surface area contributed by atoms with Crippen molar-refractivity contribution in [3.63, 3.8) is 0 Å². The first-order valence-corrected chi connectivity index (χ1v) is 7.86. The summed E-state index contributed by atoms with van der Waals surface area (Å²) >= 11 is 0. The summed E-state index contributed by atoms with van der Waals surface area (Å²) in [6.07, 6.45) is 2.95. The van der Waals surface area contributed by atoms with E-state index in [1.807, 2.05) is 0 Å². The SMILES string of the molecule is CC1CN2CCCC2CN1CC(=O)Cc1ccc(F)cc1. The molecule has 1 aromatic carbocycles. The van der Waals surface area contributed by atoms with Crippen LogP contribution in [0.15, 0.2) is 24.3 Å². The molecule has 3 rings (SSSR count). The molecule has 2 saturated heterocycles. The van der Waals surface area contributed by atoms with Crippen LogP contribution in [0.5, 0.6) is 0 Å². The molecule has 2 heterocycles. The highest BCUT2D eigenvalue weighted by Crippen LogP contribution is 2.24. The van der Waals surface area contributed by atoms with Crippen molar-refractivity contribution in [2.45, 2.75) is 38.3 Å². The molecule has 0 bridgehead atoms. The van der Waals surface area contributed by atoms with E-state index in [0.717, 1.165) is 18.7 Å². The molecule has 3 nitrogen and oxygen atoms in total. The summed E-state index contributed by atoms with van der Waals surface area (Å²) in [4.78, 5) is 17.1. The van der Waals surface area contributed by atoms with Crippen molar-refractivity contribution in [1.29, 1.82) is 0 Å². The molecular formula is C17H23FN2O. The maximum absolute atomic E-state index is 12.9. The van der Waals surface area contributed by atoms with Crippen molar-refractivity contribution >= 4 is 5.78 Å². The van der Waals surface area contributed by atoms with Gasteiger partial charge in [0.05, 0.1) is 6.54 Å². The van der Waals surface area contributed by atoms with E-state index in [2.05, 4.69) is 16.7 Å². The number of ketones is 1. The molecule has 0 amide bonds. The number of hydrogen-bond donors (Lipinski definition) is 0. The van der Waals surface area contributed by atoms with Gasteiger partial charge in [-0.2, -0.15) is 0 Å². The van der Waals surface area contributed by atoms with Crippen LogP contribution in [-0.2, 0) is 11.2 Å². The van der Waals surface area contributed by atoms with Gasteiger partial charge in [-0.3, -0.25) is 14.6 Å². The van der Waals surface area contributed by atoms with Crippen molar-refractivity contribution in [3.8, 4) is 0 Å². The minimum Gasteiger partial charge on any atom is -0.298 e. The third kappa shape index (κ3) is 3.50. The quantitative estimate of drug-likeness (QED) is 0.848. The summed E-state index contributed by atoms with van der Waals surface area (Å²) in [6, 6.07) is 7.32. The number of Topliss-reactive ketones (excluding diaryl/α,β-unsaturated/α-hetero) is 1. The van der Waals surface area contributed by atoms with Gasteiger partial charge in [-0.05, 0) is 44.0 Å². The van der Waals surface area contributed by atoms with Gasteiger partial charge < -0.3 is 0 Å². The van der Waals surface area contributed by atoms with Gasteiger partial charge in [0.2, 0.25) is 0 Å². The zero-order chi connectivity index (χ0) is 14.8. The average Bonchev–Trinajstić information content (AvgIpc) is 2.89. The molecule has 0 aromatic heterocycles. The Kier molecular flexibility index (Phi) is 4.36. The molecule has 1 aromatic rings. The lowest BCUT2D eigenvalue weighted by molar-refractivity contribution is -0.121. The third-order valence-electron chi connectivity index (χ3n) is 4.76. The van der Waals surface area contributed by atoms with E-state index in [1.165, 1.54) is 31.5 Å². The molecule has 0 saturated carbocycles. The van der Waals surface area contributed by atoms with E-state index < -0.39 is 0 Å². The van der Waals surface area contributed by atoms with Gasteiger partial charge in [-0.1, -0.05) is 12.1 Å². The Morgan fingerprint density at radius 2 is 2.05 bits per heavy atom. The van der Waals surface area contributed by atoms with E-state index >= 15 is 0 Å². The summed E-state index contributed by atoms with van der Waals surface area (Å²) in [7, 11) is 0. The first-order valence-electron chi connectivity index (χ1n) is 7.86. The van der Waals surface area contributed by atoms with E-state index in [9.17, 15) is 9.18 Å². The van der Waals surface area contributed by atoms with Crippen molar-refractivity contribution in [3.05, 3.63) is 35.6 Å². The Bertz CT molecular complexity index is 502. The molecule has 4 heteroatoms. The monoisotopic (exact) mass is 290 g/mol. The first-order chi connectivity index (χ1) is 10.1. The lowest BCUT2D eigenvalue weighted by atomic mass is 10.1. The number of fused-ring (bicyclic) bond motifs is 1.